The molecule has 156 valence electrons. The van der Waals surface area contributed by atoms with Crippen LogP contribution in [0.1, 0.15) is 38.3 Å². The van der Waals surface area contributed by atoms with Gasteiger partial charge in [-0.25, -0.2) is 4.79 Å². The third-order valence-corrected chi connectivity index (χ3v) is 5.45. The number of methoxy groups -OCH3 is 1. The van der Waals surface area contributed by atoms with E-state index in [0.717, 1.165) is 29.8 Å². The van der Waals surface area contributed by atoms with Crippen molar-refractivity contribution in [3.05, 3.63) is 41.1 Å². The van der Waals surface area contributed by atoms with Crippen LogP contribution in [-0.2, 0) is 19.1 Å². The minimum absolute atomic E-state index is 0.0615. The largest absolute Gasteiger partial charge is 0.460 e. The van der Waals surface area contributed by atoms with Gasteiger partial charge in [0.15, 0.2) is 5.11 Å². The Labute approximate surface area is 176 Å². The fourth-order valence-electron chi connectivity index (χ4n) is 3.32. The molecule has 0 aromatic heterocycles. The third-order valence-electron chi connectivity index (χ3n) is 5.11. The van der Waals surface area contributed by atoms with Gasteiger partial charge in [0.1, 0.15) is 6.61 Å². The number of thiocarbonyl (C=S) groups is 1. The number of anilines is 1. The van der Waals surface area contributed by atoms with Crippen molar-refractivity contribution < 1.29 is 19.1 Å². The van der Waals surface area contributed by atoms with E-state index >= 15 is 0 Å². The maximum absolute atomic E-state index is 12.8. The van der Waals surface area contributed by atoms with Crippen LogP contribution in [0, 0.1) is 5.92 Å². The molecule has 3 rings (SSSR count). The molecule has 2 aliphatic rings. The number of ether oxygens (including phenoxy) is 2. The summed E-state index contributed by atoms with van der Waals surface area (Å²) in [5, 5.41) is 6.74. The summed E-state index contributed by atoms with van der Waals surface area (Å²) in [6, 6.07) is 7.04. The van der Waals surface area contributed by atoms with Crippen molar-refractivity contribution in [3.63, 3.8) is 0 Å². The van der Waals surface area contributed by atoms with Crippen molar-refractivity contribution in [2.75, 3.05) is 32.2 Å². The Morgan fingerprint density at radius 1 is 1.24 bits per heavy atom. The number of benzene rings is 1. The SMILES string of the molecule is CCN1C(=S)N[C@H](c2ccc(NC(=O)C3CC3)cc2)C(C(=O)OCCOC)=C1C. The van der Waals surface area contributed by atoms with Gasteiger partial charge >= 0.3 is 5.97 Å². The standard InChI is InChI=1S/C21H27N3O4S/c1-4-24-13(2)17(20(26)28-12-11-27-3)18(23-21(24)29)14-7-9-16(10-8-14)22-19(25)15-5-6-15/h7-10,15,18H,4-6,11-12H2,1-3H3,(H,22,25)(H,23,29)/t18-/m1/s1. The van der Waals surface area contributed by atoms with Crippen LogP contribution in [-0.4, -0.2) is 48.8 Å². The number of amides is 1. The van der Waals surface area contributed by atoms with E-state index in [4.69, 9.17) is 21.7 Å². The first-order valence-corrected chi connectivity index (χ1v) is 10.2. The molecular formula is C21H27N3O4S. The molecule has 1 atom stereocenters. The fraction of sp³-hybridized carbons (Fsp3) is 0.476. The second kappa shape index (κ2) is 9.37. The highest BCUT2D eigenvalue weighted by Gasteiger charge is 2.34. The zero-order valence-electron chi connectivity index (χ0n) is 17.0. The van der Waals surface area contributed by atoms with Crippen LogP contribution in [0.25, 0.3) is 0 Å². The lowest BCUT2D eigenvalue weighted by Gasteiger charge is -2.37. The topological polar surface area (TPSA) is 79.9 Å². The van der Waals surface area contributed by atoms with Crippen molar-refractivity contribution in [2.24, 2.45) is 5.92 Å². The van der Waals surface area contributed by atoms with Crippen LogP contribution in [0.2, 0.25) is 0 Å². The Bertz CT molecular complexity index is 818. The third kappa shape index (κ3) is 4.94. The van der Waals surface area contributed by atoms with Crippen molar-refractivity contribution in [2.45, 2.75) is 32.7 Å². The van der Waals surface area contributed by atoms with Gasteiger partial charge in [0, 0.05) is 31.0 Å². The minimum atomic E-state index is -0.423. The Hall–Kier alpha value is -2.45. The average Bonchev–Trinajstić information content (AvgIpc) is 3.54. The Kier molecular flexibility index (Phi) is 6.87. The summed E-state index contributed by atoms with van der Waals surface area (Å²) >= 11 is 5.50. The van der Waals surface area contributed by atoms with Crippen LogP contribution in [0.3, 0.4) is 0 Å². The van der Waals surface area contributed by atoms with Gasteiger partial charge in [-0.15, -0.1) is 0 Å². The number of hydrogen-bond donors (Lipinski definition) is 2. The fourth-order valence-corrected chi connectivity index (χ4v) is 3.70. The van der Waals surface area contributed by atoms with Crippen LogP contribution in [0.4, 0.5) is 5.69 Å². The summed E-state index contributed by atoms with van der Waals surface area (Å²) in [5.74, 6) is -0.193. The molecule has 29 heavy (non-hydrogen) atoms. The lowest BCUT2D eigenvalue weighted by molar-refractivity contribution is -0.140. The molecule has 1 saturated carbocycles. The number of esters is 1. The molecule has 1 heterocycles. The predicted molar refractivity (Wildman–Crippen MR) is 114 cm³/mol. The minimum Gasteiger partial charge on any atom is -0.460 e. The van der Waals surface area contributed by atoms with E-state index in [1.807, 2.05) is 43.0 Å². The smallest absolute Gasteiger partial charge is 0.338 e. The van der Waals surface area contributed by atoms with Crippen molar-refractivity contribution in [1.82, 2.24) is 10.2 Å². The normalized spacial score (nSPS) is 19.1. The monoisotopic (exact) mass is 417 g/mol. The van der Waals surface area contributed by atoms with Gasteiger partial charge in [-0.05, 0) is 56.6 Å². The van der Waals surface area contributed by atoms with Gasteiger partial charge in [0.2, 0.25) is 5.91 Å². The first kappa shape index (κ1) is 21.3. The quantitative estimate of drug-likeness (QED) is 0.382. The summed E-state index contributed by atoms with van der Waals surface area (Å²) in [5.41, 5.74) is 2.90. The molecule has 7 nitrogen and oxygen atoms in total. The second-order valence-electron chi connectivity index (χ2n) is 7.14. The number of carbonyl (C=O) groups is 2. The lowest BCUT2D eigenvalue weighted by atomic mass is 9.95. The van der Waals surface area contributed by atoms with Crippen LogP contribution < -0.4 is 10.6 Å². The highest BCUT2D eigenvalue weighted by molar-refractivity contribution is 7.80. The van der Waals surface area contributed by atoms with Gasteiger partial charge in [-0.2, -0.15) is 0 Å². The number of nitrogens with one attached hydrogen (secondary N) is 2. The number of carbonyl (C=O) groups excluding carboxylic acids is 2. The maximum Gasteiger partial charge on any atom is 0.338 e. The lowest BCUT2D eigenvalue weighted by Crippen LogP contribution is -2.47. The molecular weight excluding hydrogens is 390 g/mol. The molecule has 1 aromatic rings. The molecule has 0 unspecified atom stereocenters. The average molecular weight is 418 g/mol. The molecule has 1 amide bonds. The van der Waals surface area contributed by atoms with Gasteiger partial charge in [-0.1, -0.05) is 12.1 Å². The Morgan fingerprint density at radius 3 is 2.52 bits per heavy atom. The molecule has 1 aliphatic carbocycles. The van der Waals surface area contributed by atoms with Gasteiger partial charge in [-0.3, -0.25) is 4.79 Å². The zero-order valence-corrected chi connectivity index (χ0v) is 17.8. The van der Waals surface area contributed by atoms with Crippen LogP contribution in [0.15, 0.2) is 35.5 Å². The molecule has 1 fully saturated rings. The summed E-state index contributed by atoms with van der Waals surface area (Å²) < 4.78 is 10.4. The number of allylic oxidation sites excluding steroid dienone is 1. The van der Waals surface area contributed by atoms with E-state index in [9.17, 15) is 9.59 Å². The van der Waals surface area contributed by atoms with Crippen LogP contribution in [0.5, 0.6) is 0 Å². The molecule has 2 N–H and O–H groups in total. The van der Waals surface area contributed by atoms with E-state index in [2.05, 4.69) is 10.6 Å². The molecule has 0 spiro atoms. The Morgan fingerprint density at radius 2 is 1.93 bits per heavy atom. The summed E-state index contributed by atoms with van der Waals surface area (Å²) in [4.78, 5) is 26.7. The van der Waals surface area contributed by atoms with Crippen LogP contribution >= 0.6 is 12.2 Å². The molecule has 1 aliphatic heterocycles. The Balaban J connectivity index is 1.84. The number of nitrogens with zero attached hydrogens (tertiary/aromatic N) is 1. The molecule has 8 heteroatoms. The highest BCUT2D eigenvalue weighted by atomic mass is 32.1. The summed E-state index contributed by atoms with van der Waals surface area (Å²) in [6.45, 7) is 5.01. The maximum atomic E-state index is 12.8. The van der Waals surface area contributed by atoms with E-state index in [1.54, 1.807) is 7.11 Å². The number of rotatable bonds is 8. The predicted octanol–water partition coefficient (Wildman–Crippen LogP) is 2.75. The second-order valence-corrected chi connectivity index (χ2v) is 7.53. The molecule has 0 bridgehead atoms. The molecule has 0 radical (unpaired) electrons. The van der Waals surface area contributed by atoms with E-state index in [0.29, 0.717) is 23.8 Å². The zero-order chi connectivity index (χ0) is 21.0. The van der Waals surface area contributed by atoms with Crippen molar-refractivity contribution >= 4 is 34.9 Å². The van der Waals surface area contributed by atoms with E-state index in [1.165, 1.54) is 0 Å². The van der Waals surface area contributed by atoms with Gasteiger partial charge < -0.3 is 25.0 Å². The summed E-state index contributed by atoms with van der Waals surface area (Å²) in [6.07, 6.45) is 1.92. The highest BCUT2D eigenvalue weighted by Crippen LogP contribution is 2.33. The van der Waals surface area contributed by atoms with Gasteiger partial charge in [0.25, 0.3) is 0 Å². The number of hydrogen-bond acceptors (Lipinski definition) is 5. The molecule has 1 aromatic carbocycles. The van der Waals surface area contributed by atoms with Gasteiger partial charge in [0.05, 0.1) is 18.2 Å². The first-order chi connectivity index (χ1) is 14.0. The van der Waals surface area contributed by atoms with E-state index in [-0.39, 0.29) is 18.4 Å². The molecule has 0 saturated heterocycles. The van der Waals surface area contributed by atoms with Crippen molar-refractivity contribution in [3.8, 4) is 0 Å². The van der Waals surface area contributed by atoms with Crippen molar-refractivity contribution in [1.29, 1.82) is 0 Å². The summed E-state index contributed by atoms with van der Waals surface area (Å²) in [7, 11) is 1.56. The van der Waals surface area contributed by atoms with E-state index < -0.39 is 12.0 Å². The first-order valence-electron chi connectivity index (χ1n) is 9.82.